The summed E-state index contributed by atoms with van der Waals surface area (Å²) < 4.78 is 10.8. The lowest BCUT2D eigenvalue weighted by Crippen LogP contribution is -2.17. The molecule has 2 aromatic rings. The van der Waals surface area contributed by atoms with E-state index < -0.39 is 0 Å². The third-order valence-corrected chi connectivity index (χ3v) is 3.50. The highest BCUT2D eigenvalue weighted by Crippen LogP contribution is 2.31. The summed E-state index contributed by atoms with van der Waals surface area (Å²) in [5.74, 6) is 1.55. The number of hydrogen-bond donors (Lipinski definition) is 0. The molecule has 0 aromatic heterocycles. The van der Waals surface area contributed by atoms with Crippen LogP contribution in [0, 0.1) is 0 Å². The molecule has 21 heavy (non-hydrogen) atoms. The maximum absolute atomic E-state index is 6.02. The predicted molar refractivity (Wildman–Crippen MR) is 86.2 cm³/mol. The minimum Gasteiger partial charge on any atom is -0.493 e. The molecule has 4 heteroatoms. The first-order chi connectivity index (χ1) is 10.1. The van der Waals surface area contributed by atoms with E-state index in [2.05, 4.69) is 24.1 Å². The summed E-state index contributed by atoms with van der Waals surface area (Å²) in [4.78, 5) is 2.21. The first-order valence-corrected chi connectivity index (χ1v) is 7.14. The molecule has 0 atom stereocenters. The minimum atomic E-state index is 0.756. The standard InChI is InChI=1S/C17H20ClNO2/c1-19(11-13-6-4-8-15(18)10-13)12-14-7-5-9-16(20-2)17(14)21-3/h4-10H,11-12H2,1-3H3. The fourth-order valence-corrected chi connectivity index (χ4v) is 2.58. The Labute approximate surface area is 131 Å². The van der Waals surface area contributed by atoms with Crippen LogP contribution in [0.3, 0.4) is 0 Å². The van der Waals surface area contributed by atoms with Crippen LogP contribution < -0.4 is 9.47 Å². The van der Waals surface area contributed by atoms with Crippen molar-refractivity contribution in [2.75, 3.05) is 21.3 Å². The van der Waals surface area contributed by atoms with E-state index in [-0.39, 0.29) is 0 Å². The van der Waals surface area contributed by atoms with Crippen LogP contribution in [0.25, 0.3) is 0 Å². The summed E-state index contributed by atoms with van der Waals surface area (Å²) >= 11 is 6.02. The van der Waals surface area contributed by atoms with E-state index in [4.69, 9.17) is 21.1 Å². The van der Waals surface area contributed by atoms with E-state index >= 15 is 0 Å². The van der Waals surface area contributed by atoms with Gasteiger partial charge in [-0.15, -0.1) is 0 Å². The van der Waals surface area contributed by atoms with E-state index in [0.717, 1.165) is 35.2 Å². The molecule has 0 aliphatic carbocycles. The minimum absolute atomic E-state index is 0.756. The predicted octanol–water partition coefficient (Wildman–Crippen LogP) is 3.99. The molecule has 0 spiro atoms. The largest absolute Gasteiger partial charge is 0.493 e. The first-order valence-electron chi connectivity index (χ1n) is 6.77. The van der Waals surface area contributed by atoms with Crippen LogP contribution in [0.4, 0.5) is 0 Å². The van der Waals surface area contributed by atoms with Crippen molar-refractivity contribution in [3.63, 3.8) is 0 Å². The summed E-state index contributed by atoms with van der Waals surface area (Å²) in [5, 5.41) is 0.764. The molecule has 3 nitrogen and oxygen atoms in total. The number of benzene rings is 2. The van der Waals surface area contributed by atoms with Crippen molar-refractivity contribution in [3.05, 3.63) is 58.6 Å². The highest BCUT2D eigenvalue weighted by atomic mass is 35.5. The van der Waals surface area contributed by atoms with Crippen LogP contribution >= 0.6 is 11.6 Å². The normalized spacial score (nSPS) is 10.7. The Bertz CT molecular complexity index is 601. The zero-order chi connectivity index (χ0) is 15.2. The molecule has 0 radical (unpaired) electrons. The molecule has 0 aliphatic rings. The number of methoxy groups -OCH3 is 2. The lowest BCUT2D eigenvalue weighted by molar-refractivity contribution is 0.303. The summed E-state index contributed by atoms with van der Waals surface area (Å²) in [7, 11) is 5.38. The highest BCUT2D eigenvalue weighted by Gasteiger charge is 2.11. The molecule has 0 unspecified atom stereocenters. The van der Waals surface area contributed by atoms with Gasteiger partial charge < -0.3 is 9.47 Å². The van der Waals surface area contributed by atoms with Gasteiger partial charge in [-0.2, -0.15) is 0 Å². The number of nitrogens with zero attached hydrogens (tertiary/aromatic N) is 1. The number of halogens is 1. The summed E-state index contributed by atoms with van der Waals surface area (Å²) in [6, 6.07) is 13.8. The maximum atomic E-state index is 6.02. The van der Waals surface area contributed by atoms with Gasteiger partial charge in [0.25, 0.3) is 0 Å². The van der Waals surface area contributed by atoms with Crippen molar-refractivity contribution < 1.29 is 9.47 Å². The molecule has 0 amide bonds. The molecule has 0 fully saturated rings. The highest BCUT2D eigenvalue weighted by molar-refractivity contribution is 6.30. The molecule has 112 valence electrons. The molecular weight excluding hydrogens is 286 g/mol. The summed E-state index contributed by atoms with van der Waals surface area (Å²) in [6.07, 6.45) is 0. The van der Waals surface area contributed by atoms with Crippen molar-refractivity contribution in [1.82, 2.24) is 4.90 Å². The second kappa shape index (κ2) is 7.34. The lowest BCUT2D eigenvalue weighted by atomic mass is 10.1. The molecular formula is C17H20ClNO2. The molecule has 0 N–H and O–H groups in total. The molecule has 0 bridgehead atoms. The average molecular weight is 306 g/mol. The molecule has 0 saturated carbocycles. The zero-order valence-electron chi connectivity index (χ0n) is 12.6. The Morgan fingerprint density at radius 2 is 1.76 bits per heavy atom. The Balaban J connectivity index is 2.11. The van der Waals surface area contributed by atoms with Gasteiger partial charge in [-0.05, 0) is 30.8 Å². The van der Waals surface area contributed by atoms with Crippen LogP contribution in [-0.4, -0.2) is 26.2 Å². The first kappa shape index (κ1) is 15.7. The van der Waals surface area contributed by atoms with Gasteiger partial charge in [0.15, 0.2) is 11.5 Å². The van der Waals surface area contributed by atoms with E-state index in [1.807, 2.05) is 30.3 Å². The van der Waals surface area contributed by atoms with Gasteiger partial charge in [0.2, 0.25) is 0 Å². The van der Waals surface area contributed by atoms with Gasteiger partial charge in [0.1, 0.15) is 0 Å². The molecule has 2 aromatic carbocycles. The second-order valence-corrected chi connectivity index (χ2v) is 5.39. The quantitative estimate of drug-likeness (QED) is 0.805. The molecule has 2 rings (SSSR count). The van der Waals surface area contributed by atoms with Gasteiger partial charge in [-0.25, -0.2) is 0 Å². The Hall–Kier alpha value is -1.71. The van der Waals surface area contributed by atoms with Crippen LogP contribution in [0.5, 0.6) is 11.5 Å². The third-order valence-electron chi connectivity index (χ3n) is 3.27. The van der Waals surface area contributed by atoms with Crippen LogP contribution in [0.2, 0.25) is 5.02 Å². The van der Waals surface area contributed by atoms with Crippen molar-refractivity contribution in [3.8, 4) is 11.5 Å². The van der Waals surface area contributed by atoms with Gasteiger partial charge in [0, 0.05) is 23.7 Å². The topological polar surface area (TPSA) is 21.7 Å². The summed E-state index contributed by atoms with van der Waals surface area (Å²) in [5.41, 5.74) is 2.29. The SMILES string of the molecule is COc1cccc(CN(C)Cc2cccc(Cl)c2)c1OC. The third kappa shape index (κ3) is 4.13. The van der Waals surface area contributed by atoms with Crippen molar-refractivity contribution in [2.45, 2.75) is 13.1 Å². The van der Waals surface area contributed by atoms with Crippen LogP contribution in [-0.2, 0) is 13.1 Å². The molecule has 0 saturated heterocycles. The monoisotopic (exact) mass is 305 g/mol. The van der Waals surface area contributed by atoms with Gasteiger partial charge in [-0.3, -0.25) is 4.90 Å². The fourth-order valence-electron chi connectivity index (χ4n) is 2.37. The number of hydrogen-bond acceptors (Lipinski definition) is 3. The lowest BCUT2D eigenvalue weighted by Gasteiger charge is -2.19. The van der Waals surface area contributed by atoms with Crippen LogP contribution in [0.15, 0.2) is 42.5 Å². The fraction of sp³-hybridized carbons (Fsp3) is 0.294. The van der Waals surface area contributed by atoms with E-state index in [1.54, 1.807) is 14.2 Å². The van der Waals surface area contributed by atoms with Crippen LogP contribution in [0.1, 0.15) is 11.1 Å². The number of rotatable bonds is 6. The van der Waals surface area contributed by atoms with E-state index in [9.17, 15) is 0 Å². The molecule has 0 aliphatic heterocycles. The van der Waals surface area contributed by atoms with Crippen molar-refractivity contribution >= 4 is 11.6 Å². The maximum Gasteiger partial charge on any atom is 0.165 e. The number of ether oxygens (including phenoxy) is 2. The Kier molecular flexibility index (Phi) is 5.48. The van der Waals surface area contributed by atoms with Gasteiger partial charge >= 0.3 is 0 Å². The van der Waals surface area contributed by atoms with E-state index in [0.29, 0.717) is 0 Å². The zero-order valence-corrected chi connectivity index (χ0v) is 13.4. The number of para-hydroxylation sites is 1. The van der Waals surface area contributed by atoms with Crippen molar-refractivity contribution in [1.29, 1.82) is 0 Å². The van der Waals surface area contributed by atoms with Gasteiger partial charge in [0.05, 0.1) is 14.2 Å². The Morgan fingerprint density at radius 3 is 2.43 bits per heavy atom. The van der Waals surface area contributed by atoms with Crippen molar-refractivity contribution in [2.24, 2.45) is 0 Å². The molecule has 0 heterocycles. The second-order valence-electron chi connectivity index (χ2n) is 4.95. The Morgan fingerprint density at radius 1 is 1.00 bits per heavy atom. The van der Waals surface area contributed by atoms with Gasteiger partial charge in [-0.1, -0.05) is 35.9 Å². The van der Waals surface area contributed by atoms with E-state index in [1.165, 1.54) is 5.56 Å². The smallest absolute Gasteiger partial charge is 0.165 e. The average Bonchev–Trinajstić information content (AvgIpc) is 2.46. The summed E-state index contributed by atoms with van der Waals surface area (Å²) in [6.45, 7) is 1.59.